The monoisotopic (exact) mass is 305 g/mol. The standard InChI is InChI=1S/C23H29/c1-2-3-4-5-6-7-8-9-13-19-15-12-16-21-18-20-14-10-11-17-22(20)23(19)21/h10-12,14-15,17H,2-9,13,18H2,1H3. The molecule has 0 amide bonds. The highest BCUT2D eigenvalue weighted by molar-refractivity contribution is 5.79. The summed E-state index contributed by atoms with van der Waals surface area (Å²) in [6.07, 6.45) is 13.4. The number of hydrogen-bond donors (Lipinski definition) is 0. The van der Waals surface area contributed by atoms with Crippen molar-refractivity contribution in [3.05, 3.63) is 59.2 Å². The number of unbranched alkanes of at least 4 members (excludes halogenated alkanes) is 7. The van der Waals surface area contributed by atoms with Crippen LogP contribution in [0.15, 0.2) is 36.4 Å². The fraction of sp³-hybridized carbons (Fsp3) is 0.478. The van der Waals surface area contributed by atoms with Crippen molar-refractivity contribution in [3.8, 4) is 11.1 Å². The molecule has 0 heterocycles. The van der Waals surface area contributed by atoms with E-state index in [1.54, 1.807) is 0 Å². The highest BCUT2D eigenvalue weighted by Gasteiger charge is 2.20. The Morgan fingerprint density at radius 2 is 1.61 bits per heavy atom. The summed E-state index contributed by atoms with van der Waals surface area (Å²) >= 11 is 0. The molecule has 1 aliphatic rings. The molecule has 1 radical (unpaired) electrons. The lowest BCUT2D eigenvalue weighted by Crippen LogP contribution is -1.92. The molecule has 0 saturated carbocycles. The lowest BCUT2D eigenvalue weighted by atomic mass is 9.95. The van der Waals surface area contributed by atoms with Crippen LogP contribution in [-0.2, 0) is 12.8 Å². The minimum atomic E-state index is 1.07. The van der Waals surface area contributed by atoms with Crippen LogP contribution >= 0.6 is 0 Å². The summed E-state index contributed by atoms with van der Waals surface area (Å²) in [6.45, 7) is 2.29. The summed E-state index contributed by atoms with van der Waals surface area (Å²) in [5.74, 6) is 0. The van der Waals surface area contributed by atoms with Gasteiger partial charge in [-0.15, -0.1) is 0 Å². The summed E-state index contributed by atoms with van der Waals surface area (Å²) in [7, 11) is 0. The van der Waals surface area contributed by atoms with Crippen molar-refractivity contribution in [2.45, 2.75) is 71.1 Å². The van der Waals surface area contributed by atoms with E-state index in [2.05, 4.69) is 49.4 Å². The van der Waals surface area contributed by atoms with Crippen LogP contribution in [0.1, 0.15) is 75.0 Å². The maximum Gasteiger partial charge on any atom is -0.000718 e. The summed E-state index contributed by atoms with van der Waals surface area (Å²) in [5.41, 5.74) is 7.36. The second kappa shape index (κ2) is 8.34. The van der Waals surface area contributed by atoms with Crippen LogP contribution in [0.3, 0.4) is 0 Å². The van der Waals surface area contributed by atoms with Gasteiger partial charge in [0.2, 0.25) is 0 Å². The van der Waals surface area contributed by atoms with E-state index in [4.69, 9.17) is 0 Å². The lowest BCUT2D eigenvalue weighted by Gasteiger charge is -2.09. The minimum absolute atomic E-state index is 1.07. The quantitative estimate of drug-likeness (QED) is 0.384. The molecular weight excluding hydrogens is 276 g/mol. The molecule has 3 rings (SSSR count). The van der Waals surface area contributed by atoms with Crippen LogP contribution in [0.2, 0.25) is 0 Å². The number of hydrogen-bond acceptors (Lipinski definition) is 0. The average Bonchev–Trinajstić information content (AvgIpc) is 2.96. The fourth-order valence-corrected chi connectivity index (χ4v) is 3.83. The van der Waals surface area contributed by atoms with Crippen LogP contribution in [0.4, 0.5) is 0 Å². The Kier molecular flexibility index (Phi) is 5.91. The van der Waals surface area contributed by atoms with Crippen molar-refractivity contribution < 1.29 is 0 Å². The van der Waals surface area contributed by atoms with Crippen molar-refractivity contribution in [1.29, 1.82) is 0 Å². The van der Waals surface area contributed by atoms with Gasteiger partial charge in [0, 0.05) is 0 Å². The predicted molar refractivity (Wildman–Crippen MR) is 99.8 cm³/mol. The van der Waals surface area contributed by atoms with Crippen molar-refractivity contribution in [1.82, 2.24) is 0 Å². The highest BCUT2D eigenvalue weighted by Crippen LogP contribution is 2.39. The Hall–Kier alpha value is -1.56. The molecule has 0 atom stereocenters. The number of benzene rings is 2. The first-order valence-corrected chi connectivity index (χ1v) is 9.51. The van der Waals surface area contributed by atoms with Gasteiger partial charge < -0.3 is 0 Å². The van der Waals surface area contributed by atoms with E-state index in [0.717, 1.165) is 6.42 Å². The van der Waals surface area contributed by atoms with Gasteiger partial charge >= 0.3 is 0 Å². The second-order valence-electron chi connectivity index (χ2n) is 6.92. The summed E-state index contributed by atoms with van der Waals surface area (Å²) < 4.78 is 0. The maximum atomic E-state index is 3.47. The van der Waals surface area contributed by atoms with Crippen LogP contribution in [0.25, 0.3) is 11.1 Å². The van der Waals surface area contributed by atoms with Gasteiger partial charge in [0.1, 0.15) is 0 Å². The lowest BCUT2D eigenvalue weighted by molar-refractivity contribution is 0.575. The molecular formula is C23H29. The fourth-order valence-electron chi connectivity index (χ4n) is 3.83. The smallest absolute Gasteiger partial charge is 0.000718 e. The largest absolute Gasteiger partial charge is 0.0654 e. The zero-order chi connectivity index (χ0) is 15.9. The Bertz CT molecular complexity index is 624. The number of aryl methyl sites for hydroxylation is 1. The SMILES string of the molecule is CCCCCCCCCCc1cc[c]c2c1-c1ccccc1C2. The summed E-state index contributed by atoms with van der Waals surface area (Å²) in [4.78, 5) is 0. The van der Waals surface area contributed by atoms with E-state index in [1.165, 1.54) is 85.6 Å². The molecule has 0 aliphatic heterocycles. The molecule has 2 aromatic carbocycles. The van der Waals surface area contributed by atoms with Crippen LogP contribution in [0.5, 0.6) is 0 Å². The summed E-state index contributed by atoms with van der Waals surface area (Å²) in [5, 5.41) is 0. The minimum Gasteiger partial charge on any atom is -0.0654 e. The zero-order valence-electron chi connectivity index (χ0n) is 14.5. The van der Waals surface area contributed by atoms with Gasteiger partial charge in [-0.05, 0) is 53.1 Å². The molecule has 0 bridgehead atoms. The summed E-state index contributed by atoms with van der Waals surface area (Å²) in [6, 6.07) is 16.8. The number of fused-ring (bicyclic) bond motifs is 3. The van der Waals surface area contributed by atoms with E-state index < -0.39 is 0 Å². The van der Waals surface area contributed by atoms with E-state index in [1.807, 2.05) is 0 Å². The van der Waals surface area contributed by atoms with Crippen molar-refractivity contribution in [3.63, 3.8) is 0 Å². The molecule has 2 aromatic rings. The molecule has 0 nitrogen and oxygen atoms in total. The predicted octanol–water partition coefficient (Wildman–Crippen LogP) is 6.74. The van der Waals surface area contributed by atoms with Crippen molar-refractivity contribution in [2.75, 3.05) is 0 Å². The Balaban J connectivity index is 1.52. The Morgan fingerprint density at radius 1 is 0.870 bits per heavy atom. The molecule has 0 fully saturated rings. The van der Waals surface area contributed by atoms with Gasteiger partial charge in [-0.25, -0.2) is 0 Å². The highest BCUT2D eigenvalue weighted by atomic mass is 14.2. The second-order valence-corrected chi connectivity index (χ2v) is 6.92. The molecule has 0 saturated heterocycles. The van der Waals surface area contributed by atoms with Gasteiger partial charge in [-0.3, -0.25) is 0 Å². The average molecular weight is 305 g/mol. The first kappa shape index (κ1) is 16.3. The van der Waals surface area contributed by atoms with E-state index in [-0.39, 0.29) is 0 Å². The zero-order valence-corrected chi connectivity index (χ0v) is 14.5. The molecule has 0 spiro atoms. The Labute approximate surface area is 141 Å². The van der Waals surface area contributed by atoms with Crippen molar-refractivity contribution in [2.24, 2.45) is 0 Å². The van der Waals surface area contributed by atoms with Crippen LogP contribution in [-0.4, -0.2) is 0 Å². The molecule has 0 N–H and O–H groups in total. The number of rotatable bonds is 9. The topological polar surface area (TPSA) is 0 Å². The van der Waals surface area contributed by atoms with Gasteiger partial charge in [0.15, 0.2) is 0 Å². The van der Waals surface area contributed by atoms with E-state index in [9.17, 15) is 0 Å². The first-order chi connectivity index (χ1) is 11.4. The molecule has 23 heavy (non-hydrogen) atoms. The first-order valence-electron chi connectivity index (χ1n) is 9.51. The third kappa shape index (κ3) is 4.05. The molecule has 121 valence electrons. The van der Waals surface area contributed by atoms with Gasteiger partial charge in [-0.2, -0.15) is 0 Å². The normalized spacial score (nSPS) is 12.2. The molecule has 0 aromatic heterocycles. The van der Waals surface area contributed by atoms with Gasteiger partial charge in [-0.1, -0.05) is 88.3 Å². The maximum absolute atomic E-state index is 3.47. The van der Waals surface area contributed by atoms with Gasteiger partial charge in [0.05, 0.1) is 0 Å². The Morgan fingerprint density at radius 3 is 2.43 bits per heavy atom. The molecule has 1 aliphatic carbocycles. The van der Waals surface area contributed by atoms with Crippen LogP contribution < -0.4 is 0 Å². The third-order valence-corrected chi connectivity index (χ3v) is 5.12. The third-order valence-electron chi connectivity index (χ3n) is 5.12. The van der Waals surface area contributed by atoms with Crippen molar-refractivity contribution >= 4 is 0 Å². The van der Waals surface area contributed by atoms with E-state index >= 15 is 0 Å². The van der Waals surface area contributed by atoms with Gasteiger partial charge in [0.25, 0.3) is 0 Å². The van der Waals surface area contributed by atoms with Crippen LogP contribution in [0, 0.1) is 6.07 Å². The molecule has 0 heteroatoms. The van der Waals surface area contributed by atoms with E-state index in [0.29, 0.717) is 0 Å². The molecule has 0 unspecified atom stereocenters.